The molecule has 124 valence electrons. The van der Waals surface area contributed by atoms with E-state index in [0.717, 1.165) is 31.4 Å². The molecule has 3 rings (SSSR count). The van der Waals surface area contributed by atoms with Crippen molar-refractivity contribution >= 4 is 5.91 Å². The predicted molar refractivity (Wildman–Crippen MR) is 88.6 cm³/mol. The molecule has 6 nitrogen and oxygen atoms in total. The van der Waals surface area contributed by atoms with E-state index in [9.17, 15) is 9.90 Å². The molecule has 1 heterocycles. The van der Waals surface area contributed by atoms with Crippen molar-refractivity contribution in [1.29, 1.82) is 5.26 Å². The van der Waals surface area contributed by atoms with Crippen molar-refractivity contribution in [1.82, 2.24) is 15.1 Å². The molecule has 2 N–H and O–H groups in total. The van der Waals surface area contributed by atoms with E-state index in [-0.39, 0.29) is 17.9 Å². The molecule has 0 aliphatic heterocycles. The number of hydrogen-bond acceptors (Lipinski definition) is 4. The number of nitrogens with zero attached hydrogens (tertiary/aromatic N) is 3. The van der Waals surface area contributed by atoms with E-state index in [4.69, 9.17) is 5.26 Å². The van der Waals surface area contributed by atoms with Crippen LogP contribution < -0.4 is 5.32 Å². The van der Waals surface area contributed by atoms with Crippen LogP contribution in [0.5, 0.6) is 0 Å². The third kappa shape index (κ3) is 3.31. The maximum atomic E-state index is 12.3. The van der Waals surface area contributed by atoms with Crippen LogP contribution in [0.4, 0.5) is 0 Å². The predicted octanol–water partition coefficient (Wildman–Crippen LogP) is 2.03. The fraction of sp³-hybridized carbons (Fsp3) is 0.389. The summed E-state index contributed by atoms with van der Waals surface area (Å²) in [6.07, 6.45) is 5.78. The summed E-state index contributed by atoms with van der Waals surface area (Å²) in [7, 11) is 0. The molecule has 1 aromatic heterocycles. The number of hydrogen-bond donors (Lipinski definition) is 2. The van der Waals surface area contributed by atoms with Crippen LogP contribution in [0, 0.1) is 16.7 Å². The van der Waals surface area contributed by atoms with Crippen LogP contribution in [0.3, 0.4) is 0 Å². The van der Waals surface area contributed by atoms with Crippen molar-refractivity contribution in [3.8, 4) is 11.8 Å². The van der Waals surface area contributed by atoms with Crippen LogP contribution in [0.2, 0.25) is 0 Å². The van der Waals surface area contributed by atoms with Gasteiger partial charge >= 0.3 is 0 Å². The Morgan fingerprint density at radius 3 is 2.88 bits per heavy atom. The number of aromatic nitrogens is 2. The Labute approximate surface area is 140 Å². The summed E-state index contributed by atoms with van der Waals surface area (Å²) in [6, 6.07) is 10.8. The number of carbonyl (C=O) groups is 1. The van der Waals surface area contributed by atoms with Crippen molar-refractivity contribution in [2.24, 2.45) is 5.41 Å². The highest BCUT2D eigenvalue weighted by atomic mass is 16.3. The van der Waals surface area contributed by atoms with Crippen LogP contribution in [0.25, 0.3) is 5.69 Å². The number of rotatable bonds is 5. The summed E-state index contributed by atoms with van der Waals surface area (Å²) < 4.78 is 1.58. The fourth-order valence-corrected chi connectivity index (χ4v) is 3.18. The molecule has 2 aromatic rings. The van der Waals surface area contributed by atoms with Gasteiger partial charge in [0.2, 0.25) is 0 Å². The van der Waals surface area contributed by atoms with E-state index in [1.807, 2.05) is 6.07 Å². The Kier molecular flexibility index (Phi) is 4.63. The first kappa shape index (κ1) is 16.2. The molecule has 1 amide bonds. The van der Waals surface area contributed by atoms with Gasteiger partial charge in [-0.2, -0.15) is 10.4 Å². The maximum absolute atomic E-state index is 12.3. The minimum Gasteiger partial charge on any atom is -0.396 e. The minimum absolute atomic E-state index is 0.0999. The number of benzene rings is 1. The monoisotopic (exact) mass is 324 g/mol. The van der Waals surface area contributed by atoms with Gasteiger partial charge in [0.25, 0.3) is 5.91 Å². The van der Waals surface area contributed by atoms with Gasteiger partial charge in [-0.05, 0) is 37.1 Å². The van der Waals surface area contributed by atoms with E-state index in [0.29, 0.717) is 17.8 Å². The second-order valence-corrected chi connectivity index (χ2v) is 6.36. The third-order valence-electron chi connectivity index (χ3n) is 4.69. The van der Waals surface area contributed by atoms with Crippen molar-refractivity contribution in [3.63, 3.8) is 0 Å². The lowest BCUT2D eigenvalue weighted by Crippen LogP contribution is -2.38. The van der Waals surface area contributed by atoms with E-state index in [2.05, 4.69) is 16.5 Å². The van der Waals surface area contributed by atoms with Crippen molar-refractivity contribution in [2.75, 3.05) is 13.2 Å². The highest BCUT2D eigenvalue weighted by molar-refractivity contribution is 5.92. The van der Waals surface area contributed by atoms with Crippen LogP contribution in [-0.2, 0) is 0 Å². The Morgan fingerprint density at radius 1 is 1.38 bits per heavy atom. The van der Waals surface area contributed by atoms with Gasteiger partial charge in [-0.25, -0.2) is 4.68 Å². The average molecular weight is 324 g/mol. The first-order valence-electron chi connectivity index (χ1n) is 8.11. The minimum atomic E-state index is -0.245. The van der Waals surface area contributed by atoms with Gasteiger partial charge in [0.05, 0.1) is 23.9 Å². The Hall–Kier alpha value is -2.65. The molecule has 1 aliphatic rings. The van der Waals surface area contributed by atoms with Crippen molar-refractivity contribution in [2.45, 2.75) is 25.7 Å². The first-order valence-corrected chi connectivity index (χ1v) is 8.11. The quantitative estimate of drug-likeness (QED) is 0.880. The zero-order valence-electron chi connectivity index (χ0n) is 13.4. The molecule has 0 unspecified atom stereocenters. The molecule has 0 radical (unpaired) electrons. The van der Waals surface area contributed by atoms with Crippen LogP contribution in [0.15, 0.2) is 36.5 Å². The van der Waals surface area contributed by atoms with Gasteiger partial charge in [-0.1, -0.05) is 18.9 Å². The normalized spacial score (nSPS) is 15.8. The number of carbonyl (C=O) groups excluding carboxylic acids is 1. The molecular weight excluding hydrogens is 304 g/mol. The summed E-state index contributed by atoms with van der Waals surface area (Å²) in [6.45, 7) is 0.571. The summed E-state index contributed by atoms with van der Waals surface area (Å²) in [5.74, 6) is -0.245. The largest absolute Gasteiger partial charge is 0.396 e. The molecule has 24 heavy (non-hydrogen) atoms. The molecule has 0 atom stereocenters. The standard InChI is InChI=1S/C18H20N4O2/c19-11-14-4-3-5-15(10-14)22-9-6-16(21-22)17(24)20-12-18(13-23)7-1-2-8-18/h3-6,9-10,23H,1-2,7-8,12-13H2,(H,20,24). The third-order valence-corrected chi connectivity index (χ3v) is 4.69. The molecule has 1 fully saturated rings. The highest BCUT2D eigenvalue weighted by Crippen LogP contribution is 2.36. The molecule has 1 aromatic carbocycles. The molecule has 0 saturated heterocycles. The first-order chi connectivity index (χ1) is 11.7. The zero-order chi connectivity index (χ0) is 17.0. The molecule has 6 heteroatoms. The Balaban J connectivity index is 1.68. The van der Waals surface area contributed by atoms with Crippen LogP contribution >= 0.6 is 0 Å². The van der Waals surface area contributed by atoms with Gasteiger partial charge < -0.3 is 10.4 Å². The number of aliphatic hydroxyl groups is 1. The summed E-state index contributed by atoms with van der Waals surface area (Å²) >= 11 is 0. The Morgan fingerprint density at radius 2 is 2.17 bits per heavy atom. The van der Waals surface area contributed by atoms with Crippen LogP contribution in [-0.4, -0.2) is 33.9 Å². The SMILES string of the molecule is N#Cc1cccc(-n2ccc(C(=O)NCC3(CO)CCCC3)n2)c1. The van der Waals surface area contributed by atoms with E-state index < -0.39 is 0 Å². The fourth-order valence-electron chi connectivity index (χ4n) is 3.18. The van der Waals surface area contributed by atoms with Crippen LogP contribution in [0.1, 0.15) is 41.7 Å². The number of amides is 1. The lowest BCUT2D eigenvalue weighted by atomic mass is 9.87. The van der Waals surface area contributed by atoms with Gasteiger partial charge in [0, 0.05) is 18.2 Å². The summed E-state index contributed by atoms with van der Waals surface area (Å²) in [5.41, 5.74) is 1.42. The zero-order valence-corrected chi connectivity index (χ0v) is 13.4. The Bertz CT molecular complexity index is 769. The van der Waals surface area contributed by atoms with Gasteiger partial charge in [-0.3, -0.25) is 4.79 Å². The molecule has 1 aliphatic carbocycles. The second-order valence-electron chi connectivity index (χ2n) is 6.36. The summed E-state index contributed by atoms with van der Waals surface area (Å²) in [4.78, 5) is 12.3. The van der Waals surface area contributed by atoms with Crippen molar-refractivity contribution < 1.29 is 9.90 Å². The number of nitrogens with one attached hydrogen (secondary N) is 1. The smallest absolute Gasteiger partial charge is 0.271 e. The number of aliphatic hydroxyl groups excluding tert-OH is 1. The van der Waals surface area contributed by atoms with E-state index in [1.165, 1.54) is 0 Å². The van der Waals surface area contributed by atoms with Crippen molar-refractivity contribution in [3.05, 3.63) is 47.8 Å². The van der Waals surface area contributed by atoms with Gasteiger partial charge in [-0.15, -0.1) is 0 Å². The topological polar surface area (TPSA) is 90.9 Å². The lowest BCUT2D eigenvalue weighted by molar-refractivity contribution is 0.0875. The lowest BCUT2D eigenvalue weighted by Gasteiger charge is -2.26. The molecule has 0 bridgehead atoms. The average Bonchev–Trinajstić information content (AvgIpc) is 3.30. The molecular formula is C18H20N4O2. The number of nitriles is 1. The maximum Gasteiger partial charge on any atom is 0.271 e. The highest BCUT2D eigenvalue weighted by Gasteiger charge is 2.33. The van der Waals surface area contributed by atoms with E-state index in [1.54, 1.807) is 35.1 Å². The summed E-state index contributed by atoms with van der Waals surface area (Å²) in [5, 5.41) is 25.7. The van der Waals surface area contributed by atoms with Gasteiger partial charge in [0.1, 0.15) is 0 Å². The molecule has 1 saturated carbocycles. The second kappa shape index (κ2) is 6.85. The van der Waals surface area contributed by atoms with Gasteiger partial charge in [0.15, 0.2) is 5.69 Å². The van der Waals surface area contributed by atoms with E-state index >= 15 is 0 Å². The molecule has 0 spiro atoms.